The second-order valence-corrected chi connectivity index (χ2v) is 5.12. The van der Waals surface area contributed by atoms with E-state index in [0.29, 0.717) is 6.54 Å². The molecular weight excluding hydrogens is 257 g/mol. The highest BCUT2D eigenvalue weighted by Crippen LogP contribution is 2.40. The standard InChI is InChI=1S/C12H17ClFN3O/c1-6-2-3-17(9(6)5-18)12-8(16)4-7(15)10(13)11(12)14/h4,6,9,18H,2-3,5,15-16H2,1H3. The predicted octanol–water partition coefficient (Wildman–Crippen LogP) is 1.85. The van der Waals surface area contributed by atoms with Gasteiger partial charge in [-0.2, -0.15) is 0 Å². The van der Waals surface area contributed by atoms with Crippen molar-refractivity contribution in [2.75, 3.05) is 29.5 Å². The van der Waals surface area contributed by atoms with E-state index in [0.717, 1.165) is 6.42 Å². The van der Waals surface area contributed by atoms with E-state index in [1.54, 1.807) is 4.90 Å². The van der Waals surface area contributed by atoms with E-state index in [2.05, 4.69) is 0 Å². The molecule has 0 aliphatic carbocycles. The van der Waals surface area contributed by atoms with Crippen LogP contribution in [-0.4, -0.2) is 24.3 Å². The molecule has 1 heterocycles. The van der Waals surface area contributed by atoms with Crippen LogP contribution >= 0.6 is 11.6 Å². The van der Waals surface area contributed by atoms with Gasteiger partial charge in [0.2, 0.25) is 0 Å². The van der Waals surface area contributed by atoms with E-state index < -0.39 is 5.82 Å². The number of anilines is 3. The summed E-state index contributed by atoms with van der Waals surface area (Å²) in [6.45, 7) is 2.63. The minimum absolute atomic E-state index is 0.0396. The number of benzene rings is 1. The molecule has 1 fully saturated rings. The minimum Gasteiger partial charge on any atom is -0.397 e. The summed E-state index contributed by atoms with van der Waals surface area (Å²) in [5.74, 6) is -0.327. The van der Waals surface area contributed by atoms with Gasteiger partial charge in [-0.3, -0.25) is 0 Å². The molecule has 0 saturated carbocycles. The van der Waals surface area contributed by atoms with E-state index in [1.807, 2.05) is 6.92 Å². The third kappa shape index (κ3) is 1.97. The molecule has 1 aliphatic rings. The Morgan fingerprint density at radius 1 is 1.50 bits per heavy atom. The molecule has 1 aromatic rings. The molecule has 2 unspecified atom stereocenters. The number of aliphatic hydroxyl groups is 1. The number of nitrogens with zero attached hydrogens (tertiary/aromatic N) is 1. The molecule has 0 aromatic heterocycles. The van der Waals surface area contributed by atoms with Crippen molar-refractivity contribution >= 4 is 28.7 Å². The van der Waals surface area contributed by atoms with E-state index in [-0.39, 0.29) is 40.7 Å². The number of hydrogen-bond donors (Lipinski definition) is 3. The van der Waals surface area contributed by atoms with Crippen LogP contribution in [0.5, 0.6) is 0 Å². The largest absolute Gasteiger partial charge is 0.397 e. The Labute approximate surface area is 110 Å². The summed E-state index contributed by atoms with van der Waals surface area (Å²) >= 11 is 5.82. The molecule has 0 amide bonds. The quantitative estimate of drug-likeness (QED) is 0.719. The van der Waals surface area contributed by atoms with Crippen molar-refractivity contribution in [2.45, 2.75) is 19.4 Å². The molecule has 6 heteroatoms. The second kappa shape index (κ2) is 4.82. The Bertz CT molecular complexity index is 469. The lowest BCUT2D eigenvalue weighted by molar-refractivity contribution is 0.244. The zero-order valence-electron chi connectivity index (χ0n) is 10.2. The van der Waals surface area contributed by atoms with E-state index in [9.17, 15) is 9.50 Å². The molecule has 0 bridgehead atoms. The van der Waals surface area contributed by atoms with Crippen molar-refractivity contribution in [3.8, 4) is 0 Å². The highest BCUT2D eigenvalue weighted by molar-refractivity contribution is 6.33. The lowest BCUT2D eigenvalue weighted by Gasteiger charge is -2.29. The Morgan fingerprint density at radius 2 is 2.17 bits per heavy atom. The normalized spacial score (nSPS) is 23.7. The number of aliphatic hydroxyl groups excluding tert-OH is 1. The summed E-state index contributed by atoms with van der Waals surface area (Å²) in [7, 11) is 0. The maximum Gasteiger partial charge on any atom is 0.169 e. The van der Waals surface area contributed by atoms with Crippen LogP contribution < -0.4 is 16.4 Å². The molecule has 5 N–H and O–H groups in total. The molecule has 100 valence electrons. The lowest BCUT2D eigenvalue weighted by atomic mass is 10.0. The van der Waals surface area contributed by atoms with Gasteiger partial charge in [0.1, 0.15) is 5.02 Å². The molecule has 4 nitrogen and oxygen atoms in total. The fraction of sp³-hybridized carbons (Fsp3) is 0.500. The fourth-order valence-corrected chi connectivity index (χ4v) is 2.66. The predicted molar refractivity (Wildman–Crippen MR) is 72.2 cm³/mol. The van der Waals surface area contributed by atoms with E-state index in [4.69, 9.17) is 23.1 Å². The third-order valence-corrected chi connectivity index (χ3v) is 3.98. The lowest BCUT2D eigenvalue weighted by Crippen LogP contribution is -2.36. The smallest absolute Gasteiger partial charge is 0.169 e. The second-order valence-electron chi connectivity index (χ2n) is 4.74. The van der Waals surface area contributed by atoms with Crippen molar-refractivity contribution in [3.05, 3.63) is 16.9 Å². The zero-order chi connectivity index (χ0) is 13.4. The van der Waals surface area contributed by atoms with Crippen LogP contribution in [0.4, 0.5) is 21.5 Å². The Kier molecular flexibility index (Phi) is 3.54. The van der Waals surface area contributed by atoms with Gasteiger partial charge in [-0.15, -0.1) is 0 Å². The summed E-state index contributed by atoms with van der Waals surface area (Å²) in [6.07, 6.45) is 0.881. The first-order valence-electron chi connectivity index (χ1n) is 5.87. The summed E-state index contributed by atoms with van der Waals surface area (Å²) in [5, 5.41) is 9.30. The maximum absolute atomic E-state index is 14.2. The van der Waals surface area contributed by atoms with Crippen LogP contribution in [0.3, 0.4) is 0 Å². The molecule has 1 saturated heterocycles. The molecule has 2 rings (SSSR count). The summed E-state index contributed by atoms with van der Waals surface area (Å²) in [4.78, 5) is 1.78. The van der Waals surface area contributed by atoms with Crippen LogP contribution in [0.1, 0.15) is 13.3 Å². The SMILES string of the molecule is CC1CCN(c2c(N)cc(N)c(Cl)c2F)C1CO. The number of nitrogens with two attached hydrogens (primary N) is 2. The van der Waals surface area contributed by atoms with Crippen molar-refractivity contribution in [2.24, 2.45) is 5.92 Å². The summed E-state index contributed by atoms with van der Waals surface area (Å²) in [5.41, 5.74) is 12.0. The first-order chi connectivity index (χ1) is 8.47. The number of rotatable bonds is 2. The van der Waals surface area contributed by atoms with Gasteiger partial charge in [0.25, 0.3) is 0 Å². The zero-order valence-corrected chi connectivity index (χ0v) is 10.9. The molecule has 1 aliphatic heterocycles. The molecule has 2 atom stereocenters. The monoisotopic (exact) mass is 273 g/mol. The summed E-state index contributed by atoms with van der Waals surface area (Å²) in [6, 6.07) is 1.32. The Hall–Kier alpha value is -1.20. The number of halogens is 2. The van der Waals surface area contributed by atoms with Crippen LogP contribution in [0, 0.1) is 11.7 Å². The highest BCUT2D eigenvalue weighted by Gasteiger charge is 2.34. The number of nitrogen functional groups attached to an aromatic ring is 2. The molecule has 18 heavy (non-hydrogen) atoms. The van der Waals surface area contributed by atoms with E-state index >= 15 is 0 Å². The topological polar surface area (TPSA) is 75.5 Å². The Morgan fingerprint density at radius 3 is 2.78 bits per heavy atom. The first-order valence-corrected chi connectivity index (χ1v) is 6.25. The van der Waals surface area contributed by atoms with Gasteiger partial charge in [0.05, 0.1) is 29.7 Å². The maximum atomic E-state index is 14.2. The van der Waals surface area contributed by atoms with Crippen LogP contribution in [0.25, 0.3) is 0 Å². The molecule has 0 spiro atoms. The minimum atomic E-state index is -0.610. The van der Waals surface area contributed by atoms with Gasteiger partial charge in [0.15, 0.2) is 5.82 Å². The van der Waals surface area contributed by atoms with Crippen molar-refractivity contribution in [3.63, 3.8) is 0 Å². The Balaban J connectivity index is 2.48. The van der Waals surface area contributed by atoms with Gasteiger partial charge in [0, 0.05) is 6.54 Å². The van der Waals surface area contributed by atoms with Gasteiger partial charge >= 0.3 is 0 Å². The average Bonchev–Trinajstić information content (AvgIpc) is 2.68. The molecule has 1 aromatic carbocycles. The van der Waals surface area contributed by atoms with Crippen LogP contribution in [0.15, 0.2) is 6.07 Å². The third-order valence-electron chi connectivity index (χ3n) is 3.60. The van der Waals surface area contributed by atoms with Crippen molar-refractivity contribution < 1.29 is 9.50 Å². The van der Waals surface area contributed by atoms with Gasteiger partial charge < -0.3 is 21.5 Å². The van der Waals surface area contributed by atoms with Gasteiger partial charge in [-0.25, -0.2) is 4.39 Å². The van der Waals surface area contributed by atoms with Gasteiger partial charge in [-0.1, -0.05) is 18.5 Å². The van der Waals surface area contributed by atoms with Gasteiger partial charge in [-0.05, 0) is 18.4 Å². The average molecular weight is 274 g/mol. The van der Waals surface area contributed by atoms with E-state index in [1.165, 1.54) is 6.07 Å². The molecular formula is C12H17ClFN3O. The van der Waals surface area contributed by atoms with Crippen molar-refractivity contribution in [1.29, 1.82) is 0 Å². The first kappa shape index (κ1) is 13.2. The highest BCUT2D eigenvalue weighted by atomic mass is 35.5. The summed E-state index contributed by atoms with van der Waals surface area (Å²) < 4.78 is 14.2. The number of hydrogen-bond acceptors (Lipinski definition) is 4. The van der Waals surface area contributed by atoms with Crippen molar-refractivity contribution in [1.82, 2.24) is 0 Å². The van der Waals surface area contributed by atoms with Crippen LogP contribution in [0.2, 0.25) is 5.02 Å². The van der Waals surface area contributed by atoms with Crippen LogP contribution in [-0.2, 0) is 0 Å². The fourth-order valence-electron chi connectivity index (χ4n) is 2.51. The molecule has 0 radical (unpaired) electrons.